The van der Waals surface area contributed by atoms with Gasteiger partial charge in [-0.15, -0.1) is 0 Å². The normalized spacial score (nSPS) is 17.0. The molecule has 1 fully saturated rings. The number of para-hydroxylation sites is 1. The lowest BCUT2D eigenvalue weighted by Gasteiger charge is -2.31. The van der Waals surface area contributed by atoms with E-state index in [-0.39, 0.29) is 0 Å². The van der Waals surface area contributed by atoms with E-state index in [0.717, 1.165) is 18.4 Å². The summed E-state index contributed by atoms with van der Waals surface area (Å²) in [5, 5.41) is 1.25. The molecule has 0 amide bonds. The molecule has 3 aromatic rings. The van der Waals surface area contributed by atoms with Crippen LogP contribution in [0.25, 0.3) is 10.9 Å². The SMILES string of the molecule is Cc1cccc(S(=O)(=O)N2CCC(c3cc4ccccc4n3C)CC2)c1. The number of hydrogen-bond donors (Lipinski definition) is 0. The fraction of sp³-hybridized carbons (Fsp3) is 0.333. The van der Waals surface area contributed by atoms with Crippen LogP contribution in [0.2, 0.25) is 0 Å². The van der Waals surface area contributed by atoms with Crippen molar-refractivity contribution in [1.29, 1.82) is 0 Å². The van der Waals surface area contributed by atoms with Gasteiger partial charge in [0.05, 0.1) is 4.90 Å². The molecule has 1 aliphatic rings. The molecule has 1 saturated heterocycles. The number of nitrogens with zero attached hydrogens (tertiary/aromatic N) is 2. The predicted octanol–water partition coefficient (Wildman–Crippen LogP) is 4.06. The van der Waals surface area contributed by atoms with Gasteiger partial charge >= 0.3 is 0 Å². The van der Waals surface area contributed by atoms with E-state index in [1.54, 1.807) is 16.4 Å². The van der Waals surface area contributed by atoms with Gasteiger partial charge in [-0.05, 0) is 55.0 Å². The highest BCUT2D eigenvalue weighted by Gasteiger charge is 2.31. The van der Waals surface area contributed by atoms with E-state index < -0.39 is 10.0 Å². The molecular formula is C21H24N2O2S. The van der Waals surface area contributed by atoms with Crippen molar-refractivity contribution in [3.05, 3.63) is 65.9 Å². The van der Waals surface area contributed by atoms with Gasteiger partial charge in [-0.3, -0.25) is 0 Å². The minimum Gasteiger partial charge on any atom is -0.347 e. The van der Waals surface area contributed by atoms with Crippen molar-refractivity contribution in [2.24, 2.45) is 7.05 Å². The van der Waals surface area contributed by atoms with Crippen molar-refractivity contribution in [3.63, 3.8) is 0 Å². The molecule has 2 aromatic carbocycles. The van der Waals surface area contributed by atoms with E-state index in [1.807, 2.05) is 19.1 Å². The van der Waals surface area contributed by atoms with Gasteiger partial charge in [0.2, 0.25) is 10.0 Å². The summed E-state index contributed by atoms with van der Waals surface area (Å²) in [6.45, 7) is 3.07. The Bertz CT molecular complexity index is 1040. The second kappa shape index (κ2) is 6.56. The third kappa shape index (κ3) is 2.95. The molecule has 26 heavy (non-hydrogen) atoms. The van der Waals surface area contributed by atoms with Crippen LogP contribution in [0.5, 0.6) is 0 Å². The standard InChI is InChI=1S/C21H24N2O2S/c1-16-6-5-8-19(14-16)26(24,25)23-12-10-17(11-13-23)21-15-18-7-3-4-9-20(18)22(21)2/h3-9,14-15,17H,10-13H2,1-2H3. The van der Waals surface area contributed by atoms with Crippen molar-refractivity contribution in [1.82, 2.24) is 8.87 Å². The monoisotopic (exact) mass is 368 g/mol. The Balaban J connectivity index is 1.54. The Morgan fingerprint density at radius 1 is 0.962 bits per heavy atom. The van der Waals surface area contributed by atoms with Crippen LogP contribution in [-0.4, -0.2) is 30.4 Å². The van der Waals surface area contributed by atoms with Gasteiger partial charge in [0.15, 0.2) is 0 Å². The van der Waals surface area contributed by atoms with Gasteiger partial charge in [0.1, 0.15) is 0 Å². The lowest BCUT2D eigenvalue weighted by molar-refractivity contribution is 0.314. The van der Waals surface area contributed by atoms with E-state index in [9.17, 15) is 8.42 Å². The van der Waals surface area contributed by atoms with E-state index in [0.29, 0.717) is 23.9 Å². The zero-order valence-electron chi connectivity index (χ0n) is 15.2. The predicted molar refractivity (Wildman–Crippen MR) is 105 cm³/mol. The number of sulfonamides is 1. The first-order valence-corrected chi connectivity index (χ1v) is 10.5. The number of hydrogen-bond acceptors (Lipinski definition) is 2. The maximum Gasteiger partial charge on any atom is 0.243 e. The summed E-state index contributed by atoms with van der Waals surface area (Å²) in [7, 11) is -1.29. The van der Waals surface area contributed by atoms with Crippen LogP contribution < -0.4 is 0 Å². The van der Waals surface area contributed by atoms with Gasteiger partial charge in [-0.1, -0.05) is 30.3 Å². The van der Waals surface area contributed by atoms with E-state index in [1.165, 1.54) is 16.6 Å². The van der Waals surface area contributed by atoms with Crippen molar-refractivity contribution in [3.8, 4) is 0 Å². The largest absolute Gasteiger partial charge is 0.347 e. The van der Waals surface area contributed by atoms with Crippen LogP contribution >= 0.6 is 0 Å². The van der Waals surface area contributed by atoms with Crippen LogP contribution in [-0.2, 0) is 17.1 Å². The molecule has 0 radical (unpaired) electrons. The van der Waals surface area contributed by atoms with E-state index >= 15 is 0 Å². The topological polar surface area (TPSA) is 42.3 Å². The number of fused-ring (bicyclic) bond motifs is 1. The molecule has 0 N–H and O–H groups in total. The highest BCUT2D eigenvalue weighted by molar-refractivity contribution is 7.89. The minimum atomic E-state index is -3.40. The second-order valence-electron chi connectivity index (χ2n) is 7.18. The number of aromatic nitrogens is 1. The minimum absolute atomic E-state index is 0.399. The zero-order chi connectivity index (χ0) is 18.3. The summed E-state index contributed by atoms with van der Waals surface area (Å²) in [6, 6.07) is 17.8. The molecule has 4 rings (SSSR count). The van der Waals surface area contributed by atoms with Gasteiger partial charge in [-0.2, -0.15) is 4.31 Å². The Kier molecular flexibility index (Phi) is 4.37. The van der Waals surface area contributed by atoms with Crippen molar-refractivity contribution < 1.29 is 8.42 Å². The summed E-state index contributed by atoms with van der Waals surface area (Å²) in [6.07, 6.45) is 1.71. The Labute approximate surface area is 155 Å². The molecule has 0 spiro atoms. The Hall–Kier alpha value is -2.11. The van der Waals surface area contributed by atoms with Crippen molar-refractivity contribution in [2.75, 3.05) is 13.1 Å². The quantitative estimate of drug-likeness (QED) is 0.700. The van der Waals surface area contributed by atoms with Crippen LogP contribution in [0, 0.1) is 6.92 Å². The van der Waals surface area contributed by atoms with E-state index in [4.69, 9.17) is 0 Å². The first kappa shape index (κ1) is 17.3. The summed E-state index contributed by atoms with van der Waals surface area (Å²) in [5.41, 5.74) is 3.51. The maximum absolute atomic E-state index is 12.9. The molecule has 1 aromatic heterocycles. The Morgan fingerprint density at radius 2 is 1.69 bits per heavy atom. The average molecular weight is 369 g/mol. The fourth-order valence-corrected chi connectivity index (χ4v) is 5.59. The number of aryl methyl sites for hydroxylation is 2. The van der Waals surface area contributed by atoms with Crippen LogP contribution in [0.3, 0.4) is 0 Å². The summed E-state index contributed by atoms with van der Waals surface area (Å²) in [5.74, 6) is 0.399. The second-order valence-corrected chi connectivity index (χ2v) is 9.12. The lowest BCUT2D eigenvalue weighted by Crippen LogP contribution is -2.38. The first-order chi connectivity index (χ1) is 12.5. The molecule has 1 aliphatic heterocycles. The third-order valence-electron chi connectivity index (χ3n) is 5.49. The lowest BCUT2D eigenvalue weighted by atomic mass is 9.94. The number of rotatable bonds is 3. The molecule has 0 bridgehead atoms. The third-order valence-corrected chi connectivity index (χ3v) is 7.38. The smallest absolute Gasteiger partial charge is 0.243 e. The molecule has 5 heteroatoms. The molecule has 0 aliphatic carbocycles. The van der Waals surface area contributed by atoms with Crippen molar-refractivity contribution in [2.45, 2.75) is 30.6 Å². The highest BCUT2D eigenvalue weighted by Crippen LogP contribution is 2.33. The zero-order valence-corrected chi connectivity index (χ0v) is 16.0. The molecule has 2 heterocycles. The van der Waals surface area contributed by atoms with E-state index in [2.05, 4.69) is 41.9 Å². The van der Waals surface area contributed by atoms with Gasteiger partial charge in [0, 0.05) is 37.3 Å². The van der Waals surface area contributed by atoms with Crippen LogP contribution in [0.15, 0.2) is 59.5 Å². The first-order valence-electron chi connectivity index (χ1n) is 9.08. The summed E-state index contributed by atoms with van der Waals surface area (Å²) < 4.78 is 29.7. The highest BCUT2D eigenvalue weighted by atomic mass is 32.2. The van der Waals surface area contributed by atoms with Gasteiger partial charge in [-0.25, -0.2) is 8.42 Å². The Morgan fingerprint density at radius 3 is 2.38 bits per heavy atom. The molecule has 4 nitrogen and oxygen atoms in total. The van der Waals surface area contributed by atoms with Crippen molar-refractivity contribution >= 4 is 20.9 Å². The molecule has 0 unspecified atom stereocenters. The maximum atomic E-state index is 12.9. The number of benzene rings is 2. The summed E-state index contributed by atoms with van der Waals surface area (Å²) >= 11 is 0. The average Bonchev–Trinajstić information content (AvgIpc) is 2.99. The van der Waals surface area contributed by atoms with Gasteiger partial charge in [0.25, 0.3) is 0 Å². The molecule has 0 saturated carbocycles. The summed E-state index contributed by atoms with van der Waals surface area (Å²) in [4.78, 5) is 0.403. The molecule has 136 valence electrons. The van der Waals surface area contributed by atoms with Gasteiger partial charge < -0.3 is 4.57 Å². The number of piperidine rings is 1. The fourth-order valence-electron chi connectivity index (χ4n) is 4.02. The molecule has 0 atom stereocenters. The van der Waals surface area contributed by atoms with Crippen LogP contribution in [0.1, 0.15) is 30.0 Å². The molecular weight excluding hydrogens is 344 g/mol. The van der Waals surface area contributed by atoms with Crippen LogP contribution in [0.4, 0.5) is 0 Å².